The van der Waals surface area contributed by atoms with Crippen molar-refractivity contribution in [2.24, 2.45) is 5.41 Å². The van der Waals surface area contributed by atoms with Gasteiger partial charge in [-0.25, -0.2) is 4.79 Å². The van der Waals surface area contributed by atoms with E-state index in [1.165, 1.54) is 0 Å². The monoisotopic (exact) mass is 170 g/mol. The summed E-state index contributed by atoms with van der Waals surface area (Å²) in [5.41, 5.74) is 0.348. The van der Waals surface area contributed by atoms with Crippen LogP contribution in [0.3, 0.4) is 0 Å². The van der Waals surface area contributed by atoms with E-state index in [0.29, 0.717) is 12.2 Å². The largest absolute Gasteiger partial charge is 0.462 e. The maximum absolute atomic E-state index is 11.2. The van der Waals surface area contributed by atoms with Crippen LogP contribution in [-0.2, 0) is 9.53 Å². The summed E-state index contributed by atoms with van der Waals surface area (Å²) >= 11 is 0. The van der Waals surface area contributed by atoms with Crippen LogP contribution >= 0.6 is 0 Å². The Morgan fingerprint density at radius 1 is 1.42 bits per heavy atom. The highest BCUT2D eigenvalue weighted by Gasteiger charge is 2.22. The first kappa shape index (κ1) is 11.2. The summed E-state index contributed by atoms with van der Waals surface area (Å²) in [7, 11) is 0. The first-order chi connectivity index (χ1) is 5.39. The van der Waals surface area contributed by atoms with E-state index < -0.39 is 0 Å². The third-order valence-corrected chi connectivity index (χ3v) is 1.59. The van der Waals surface area contributed by atoms with Crippen molar-refractivity contribution in [2.75, 3.05) is 6.61 Å². The third kappa shape index (κ3) is 3.56. The molecule has 2 heteroatoms. The molecule has 0 aliphatic carbocycles. The number of carbonyl (C=O) groups excluding carboxylic acids is 1. The molecule has 12 heavy (non-hydrogen) atoms. The number of hydrogen-bond acceptors (Lipinski definition) is 2. The molecule has 0 amide bonds. The van der Waals surface area contributed by atoms with Gasteiger partial charge in [-0.1, -0.05) is 34.3 Å². The van der Waals surface area contributed by atoms with Crippen LogP contribution in [0.25, 0.3) is 0 Å². The highest BCUT2D eigenvalue weighted by molar-refractivity contribution is 5.88. The van der Waals surface area contributed by atoms with Gasteiger partial charge in [0.2, 0.25) is 0 Å². The van der Waals surface area contributed by atoms with Crippen LogP contribution in [0.5, 0.6) is 0 Å². The molecular formula is C10H18O2. The Morgan fingerprint density at radius 2 is 1.92 bits per heavy atom. The van der Waals surface area contributed by atoms with Gasteiger partial charge in [-0.15, -0.1) is 0 Å². The van der Waals surface area contributed by atoms with Crippen molar-refractivity contribution >= 4 is 5.97 Å². The first-order valence-electron chi connectivity index (χ1n) is 4.26. The van der Waals surface area contributed by atoms with Crippen molar-refractivity contribution in [1.82, 2.24) is 0 Å². The molecule has 0 aliphatic rings. The van der Waals surface area contributed by atoms with E-state index in [2.05, 4.69) is 6.58 Å². The van der Waals surface area contributed by atoms with Crippen LogP contribution < -0.4 is 0 Å². The summed E-state index contributed by atoms with van der Waals surface area (Å²) in [6, 6.07) is 0. The molecule has 70 valence electrons. The van der Waals surface area contributed by atoms with Crippen molar-refractivity contribution in [3.63, 3.8) is 0 Å². The van der Waals surface area contributed by atoms with E-state index in [-0.39, 0.29) is 11.4 Å². The molecule has 2 nitrogen and oxygen atoms in total. The molecule has 0 aromatic heterocycles. The summed E-state index contributed by atoms with van der Waals surface area (Å²) in [4.78, 5) is 11.2. The number of rotatable bonds is 3. The molecule has 0 bridgehead atoms. The lowest BCUT2D eigenvalue weighted by molar-refractivity contribution is -0.140. The molecule has 0 spiro atoms. The number of hydrogen-bond donors (Lipinski definition) is 0. The van der Waals surface area contributed by atoms with E-state index in [1.54, 1.807) is 0 Å². The smallest absolute Gasteiger partial charge is 0.333 e. The fraction of sp³-hybridized carbons (Fsp3) is 0.700. The van der Waals surface area contributed by atoms with Crippen molar-refractivity contribution in [3.8, 4) is 0 Å². The van der Waals surface area contributed by atoms with Crippen LogP contribution in [0.2, 0.25) is 0 Å². The zero-order chi connectivity index (χ0) is 9.78. The molecule has 0 saturated heterocycles. The van der Waals surface area contributed by atoms with E-state index in [4.69, 9.17) is 4.74 Å². The zero-order valence-corrected chi connectivity index (χ0v) is 8.44. The SMILES string of the molecule is C=C(C(=O)OCCC)C(C)(C)C. The van der Waals surface area contributed by atoms with E-state index in [0.717, 1.165) is 6.42 Å². The molecule has 0 aliphatic heterocycles. The topological polar surface area (TPSA) is 26.3 Å². The average molecular weight is 170 g/mol. The standard InChI is InChI=1S/C10H18O2/c1-6-7-12-9(11)8(2)10(3,4)5/h2,6-7H2,1,3-5H3. The van der Waals surface area contributed by atoms with Crippen LogP contribution in [-0.4, -0.2) is 12.6 Å². The zero-order valence-electron chi connectivity index (χ0n) is 8.44. The van der Waals surface area contributed by atoms with Gasteiger partial charge in [-0.2, -0.15) is 0 Å². The van der Waals surface area contributed by atoms with Crippen LogP contribution in [0.15, 0.2) is 12.2 Å². The summed E-state index contributed by atoms with van der Waals surface area (Å²) < 4.78 is 4.94. The Kier molecular flexibility index (Phi) is 4.01. The van der Waals surface area contributed by atoms with Gasteiger partial charge in [0.25, 0.3) is 0 Å². The maximum atomic E-state index is 11.2. The highest BCUT2D eigenvalue weighted by atomic mass is 16.5. The highest BCUT2D eigenvalue weighted by Crippen LogP contribution is 2.24. The molecule has 0 aromatic carbocycles. The molecule has 0 radical (unpaired) electrons. The van der Waals surface area contributed by atoms with Crippen LogP contribution in [0, 0.1) is 5.41 Å². The van der Waals surface area contributed by atoms with Gasteiger partial charge >= 0.3 is 5.97 Å². The minimum absolute atomic E-state index is 0.190. The number of carbonyl (C=O) groups is 1. The number of esters is 1. The Bertz CT molecular complexity index is 175. The van der Waals surface area contributed by atoms with Gasteiger partial charge in [0.15, 0.2) is 0 Å². The lowest BCUT2D eigenvalue weighted by atomic mass is 9.88. The molecule has 0 rings (SSSR count). The van der Waals surface area contributed by atoms with Crippen molar-refractivity contribution in [2.45, 2.75) is 34.1 Å². The van der Waals surface area contributed by atoms with Crippen molar-refractivity contribution in [3.05, 3.63) is 12.2 Å². The van der Waals surface area contributed by atoms with Gasteiger partial charge in [0.05, 0.1) is 6.61 Å². The molecule has 0 unspecified atom stereocenters. The van der Waals surface area contributed by atoms with Gasteiger partial charge in [0, 0.05) is 5.57 Å². The van der Waals surface area contributed by atoms with Gasteiger partial charge in [-0.05, 0) is 11.8 Å². The molecule has 0 saturated carbocycles. The Balaban J connectivity index is 4.04. The molecule has 0 fully saturated rings. The second-order valence-electron chi connectivity index (χ2n) is 3.86. The number of ether oxygens (including phenoxy) is 1. The summed E-state index contributed by atoms with van der Waals surface area (Å²) in [6.45, 7) is 12.0. The third-order valence-electron chi connectivity index (χ3n) is 1.59. The Hall–Kier alpha value is -0.790. The maximum Gasteiger partial charge on any atom is 0.333 e. The fourth-order valence-corrected chi connectivity index (χ4v) is 0.588. The minimum Gasteiger partial charge on any atom is -0.462 e. The van der Waals surface area contributed by atoms with Gasteiger partial charge in [-0.3, -0.25) is 0 Å². The quantitative estimate of drug-likeness (QED) is 0.480. The van der Waals surface area contributed by atoms with Crippen molar-refractivity contribution < 1.29 is 9.53 Å². The van der Waals surface area contributed by atoms with Crippen LogP contribution in [0.1, 0.15) is 34.1 Å². The fourth-order valence-electron chi connectivity index (χ4n) is 0.588. The van der Waals surface area contributed by atoms with Gasteiger partial charge < -0.3 is 4.74 Å². The minimum atomic E-state index is -0.274. The van der Waals surface area contributed by atoms with Crippen molar-refractivity contribution in [1.29, 1.82) is 0 Å². The van der Waals surface area contributed by atoms with E-state index >= 15 is 0 Å². The predicted octanol–water partition coefficient (Wildman–Crippen LogP) is 2.54. The Labute approximate surface area is 74.6 Å². The van der Waals surface area contributed by atoms with E-state index in [1.807, 2.05) is 27.7 Å². The summed E-state index contributed by atoms with van der Waals surface area (Å²) in [5, 5.41) is 0. The van der Waals surface area contributed by atoms with Crippen LogP contribution in [0.4, 0.5) is 0 Å². The lowest BCUT2D eigenvalue weighted by Crippen LogP contribution is -2.19. The average Bonchev–Trinajstić information content (AvgIpc) is 1.97. The predicted molar refractivity (Wildman–Crippen MR) is 49.8 cm³/mol. The normalized spacial score (nSPS) is 11.0. The first-order valence-corrected chi connectivity index (χ1v) is 4.26. The van der Waals surface area contributed by atoms with Gasteiger partial charge in [0.1, 0.15) is 0 Å². The van der Waals surface area contributed by atoms with E-state index in [9.17, 15) is 4.79 Å². The molecule has 0 atom stereocenters. The Morgan fingerprint density at radius 3 is 2.25 bits per heavy atom. The molecule has 0 N–H and O–H groups in total. The summed E-state index contributed by atoms with van der Waals surface area (Å²) in [6.07, 6.45) is 0.850. The molecule has 0 heterocycles. The second kappa shape index (κ2) is 4.29. The molecule has 0 aromatic rings. The molecular weight excluding hydrogens is 152 g/mol. The lowest BCUT2D eigenvalue weighted by Gasteiger charge is -2.19. The second-order valence-corrected chi connectivity index (χ2v) is 3.86. The summed E-state index contributed by atoms with van der Waals surface area (Å²) in [5.74, 6) is -0.274.